The molecule has 0 aromatic rings. The predicted molar refractivity (Wildman–Crippen MR) is 62.5 cm³/mol. The highest BCUT2D eigenvalue weighted by Gasteiger charge is 2.51. The fraction of sp³-hybridized carbons (Fsp3) is 0.769. The van der Waals surface area contributed by atoms with E-state index in [-0.39, 0.29) is 0 Å². The first-order chi connectivity index (χ1) is 7.95. The number of allylic oxidation sites excluding steroid dienone is 1. The van der Waals surface area contributed by atoms with Crippen LogP contribution in [0.25, 0.3) is 0 Å². The number of rotatable bonds is 0. The summed E-state index contributed by atoms with van der Waals surface area (Å²) in [4.78, 5) is 7.09. The summed E-state index contributed by atoms with van der Waals surface area (Å²) >= 11 is 0. The third-order valence-electron chi connectivity index (χ3n) is 4.75. The van der Waals surface area contributed by atoms with E-state index in [4.69, 9.17) is 4.74 Å². The van der Waals surface area contributed by atoms with Crippen molar-refractivity contribution in [3.63, 3.8) is 0 Å². The molecule has 0 aromatic carbocycles. The summed E-state index contributed by atoms with van der Waals surface area (Å²) in [5.41, 5.74) is 1.56. The molecule has 86 valence electrons. The molecule has 1 aliphatic carbocycles. The average Bonchev–Trinajstić information content (AvgIpc) is 2.68. The van der Waals surface area contributed by atoms with Gasteiger partial charge in [0.2, 0.25) is 0 Å². The van der Waals surface area contributed by atoms with Crippen LogP contribution in [-0.2, 0) is 4.74 Å². The molecule has 4 aliphatic rings. The lowest BCUT2D eigenvalue weighted by Gasteiger charge is -2.43. The van der Waals surface area contributed by atoms with Gasteiger partial charge in [0.15, 0.2) is 0 Å². The second-order valence-electron chi connectivity index (χ2n) is 5.40. The third-order valence-corrected chi connectivity index (χ3v) is 4.75. The van der Waals surface area contributed by atoms with Gasteiger partial charge in [0.25, 0.3) is 0 Å². The molecule has 3 aliphatic heterocycles. The molecule has 1 saturated carbocycles. The lowest BCUT2D eigenvalue weighted by molar-refractivity contribution is -0.0784. The number of hydrogen-bond acceptors (Lipinski definition) is 3. The number of nitrogens with zero attached hydrogens (tertiary/aromatic N) is 2. The van der Waals surface area contributed by atoms with Crippen molar-refractivity contribution in [1.29, 1.82) is 0 Å². The van der Waals surface area contributed by atoms with Crippen LogP contribution in [0.2, 0.25) is 0 Å². The van der Waals surface area contributed by atoms with E-state index in [9.17, 15) is 0 Å². The number of hydrogen-bond donors (Lipinski definition) is 0. The first-order valence-corrected chi connectivity index (χ1v) is 6.53. The Balaban J connectivity index is 1.76. The van der Waals surface area contributed by atoms with Gasteiger partial charge in [-0.05, 0) is 24.8 Å². The highest BCUT2D eigenvalue weighted by Crippen LogP contribution is 2.48. The number of ether oxygens (including phenoxy) is 1. The Morgan fingerprint density at radius 2 is 2.38 bits per heavy atom. The second kappa shape index (κ2) is 3.33. The Labute approximate surface area is 96.2 Å². The zero-order valence-electron chi connectivity index (χ0n) is 9.51. The van der Waals surface area contributed by atoms with Gasteiger partial charge in [0.1, 0.15) is 0 Å². The summed E-state index contributed by atoms with van der Waals surface area (Å²) in [6.07, 6.45) is 8.71. The molecule has 0 spiro atoms. The molecular formula is C13H18N2O. The van der Waals surface area contributed by atoms with Crippen LogP contribution in [0.4, 0.5) is 0 Å². The molecule has 16 heavy (non-hydrogen) atoms. The topological polar surface area (TPSA) is 24.8 Å². The Morgan fingerprint density at radius 3 is 3.38 bits per heavy atom. The Bertz CT molecular complexity index is 361. The van der Waals surface area contributed by atoms with E-state index in [0.717, 1.165) is 25.6 Å². The molecule has 3 fully saturated rings. The van der Waals surface area contributed by atoms with Crippen LogP contribution in [0.15, 0.2) is 16.8 Å². The number of aliphatic imine (C=N–C) groups is 1. The first-order valence-electron chi connectivity index (χ1n) is 6.53. The van der Waals surface area contributed by atoms with Crippen molar-refractivity contribution in [3.8, 4) is 0 Å². The van der Waals surface area contributed by atoms with Crippen molar-refractivity contribution in [3.05, 3.63) is 11.8 Å². The van der Waals surface area contributed by atoms with Crippen LogP contribution >= 0.6 is 0 Å². The smallest absolute Gasteiger partial charge is 0.0781 e. The van der Waals surface area contributed by atoms with Crippen molar-refractivity contribution < 1.29 is 4.74 Å². The standard InChI is InChI=1S/C13H18N2O/c1-2-9-10-8-14-5-4-11(10)15-6-7-16-12(3-1)13(9)15/h4-5,9-10,12-13H,1-3,6-8H2. The molecule has 3 heteroatoms. The van der Waals surface area contributed by atoms with E-state index in [1.165, 1.54) is 19.3 Å². The van der Waals surface area contributed by atoms with Crippen LogP contribution in [0, 0.1) is 11.8 Å². The molecule has 0 amide bonds. The Morgan fingerprint density at radius 1 is 1.38 bits per heavy atom. The van der Waals surface area contributed by atoms with Gasteiger partial charge in [0, 0.05) is 30.9 Å². The highest BCUT2D eigenvalue weighted by atomic mass is 16.5. The average molecular weight is 218 g/mol. The maximum atomic E-state index is 5.96. The number of morpholine rings is 1. The fourth-order valence-electron chi connectivity index (χ4n) is 4.16. The van der Waals surface area contributed by atoms with Gasteiger partial charge in [0.05, 0.1) is 18.8 Å². The molecule has 4 atom stereocenters. The van der Waals surface area contributed by atoms with Crippen LogP contribution < -0.4 is 0 Å². The van der Waals surface area contributed by atoms with Crippen LogP contribution in [0.3, 0.4) is 0 Å². The van der Waals surface area contributed by atoms with Gasteiger partial charge < -0.3 is 9.64 Å². The lowest BCUT2D eigenvalue weighted by Crippen LogP contribution is -2.51. The summed E-state index contributed by atoms with van der Waals surface area (Å²) in [7, 11) is 0. The minimum Gasteiger partial charge on any atom is -0.374 e. The molecule has 0 bridgehead atoms. The van der Waals surface area contributed by atoms with Crippen LogP contribution in [0.1, 0.15) is 19.3 Å². The lowest BCUT2D eigenvalue weighted by atomic mass is 9.77. The molecular weight excluding hydrogens is 200 g/mol. The molecule has 0 aromatic heterocycles. The van der Waals surface area contributed by atoms with E-state index >= 15 is 0 Å². The van der Waals surface area contributed by atoms with Gasteiger partial charge >= 0.3 is 0 Å². The molecule has 4 rings (SSSR count). The van der Waals surface area contributed by atoms with Gasteiger partial charge in [-0.25, -0.2) is 0 Å². The largest absolute Gasteiger partial charge is 0.374 e. The fourth-order valence-corrected chi connectivity index (χ4v) is 4.16. The van der Waals surface area contributed by atoms with Gasteiger partial charge in [-0.2, -0.15) is 0 Å². The van der Waals surface area contributed by atoms with Crippen molar-refractivity contribution in [2.75, 3.05) is 19.7 Å². The van der Waals surface area contributed by atoms with Crippen LogP contribution in [0.5, 0.6) is 0 Å². The third kappa shape index (κ3) is 1.10. The predicted octanol–water partition coefficient (Wildman–Crippen LogP) is 1.45. The number of fused-ring (bicyclic) bond motifs is 3. The summed E-state index contributed by atoms with van der Waals surface area (Å²) < 4.78 is 5.96. The number of dihydropyridines is 1. The molecule has 3 heterocycles. The maximum Gasteiger partial charge on any atom is 0.0781 e. The highest BCUT2D eigenvalue weighted by molar-refractivity contribution is 5.73. The quantitative estimate of drug-likeness (QED) is 0.615. The molecule has 4 unspecified atom stereocenters. The molecule has 0 N–H and O–H groups in total. The van der Waals surface area contributed by atoms with E-state index in [2.05, 4.69) is 16.0 Å². The van der Waals surface area contributed by atoms with E-state index < -0.39 is 0 Å². The van der Waals surface area contributed by atoms with Gasteiger partial charge in [-0.3, -0.25) is 4.99 Å². The second-order valence-corrected chi connectivity index (χ2v) is 5.40. The van der Waals surface area contributed by atoms with Crippen molar-refractivity contribution >= 4 is 6.21 Å². The SMILES string of the molecule is C1=NCC2C(=C1)N1CCOC3CCCC2C31. The minimum absolute atomic E-state index is 0.499. The monoisotopic (exact) mass is 218 g/mol. The Hall–Kier alpha value is -0.830. The summed E-state index contributed by atoms with van der Waals surface area (Å²) in [6, 6.07) is 0.667. The molecule has 3 nitrogen and oxygen atoms in total. The summed E-state index contributed by atoms with van der Waals surface area (Å²) in [6.45, 7) is 3.01. The van der Waals surface area contributed by atoms with E-state index in [1.807, 2.05) is 6.21 Å². The summed E-state index contributed by atoms with van der Waals surface area (Å²) in [5, 5.41) is 0. The Kier molecular flexibility index (Phi) is 1.92. The van der Waals surface area contributed by atoms with Gasteiger partial charge in [-0.1, -0.05) is 6.42 Å². The minimum atomic E-state index is 0.499. The van der Waals surface area contributed by atoms with Crippen molar-refractivity contribution in [2.45, 2.75) is 31.4 Å². The maximum absolute atomic E-state index is 5.96. The zero-order chi connectivity index (χ0) is 10.5. The zero-order valence-corrected chi connectivity index (χ0v) is 9.51. The van der Waals surface area contributed by atoms with E-state index in [1.54, 1.807) is 5.70 Å². The van der Waals surface area contributed by atoms with E-state index in [0.29, 0.717) is 18.1 Å². The molecule has 0 radical (unpaired) electrons. The van der Waals surface area contributed by atoms with Crippen molar-refractivity contribution in [1.82, 2.24) is 4.90 Å². The van der Waals surface area contributed by atoms with Crippen molar-refractivity contribution in [2.24, 2.45) is 16.8 Å². The summed E-state index contributed by atoms with van der Waals surface area (Å²) in [5.74, 6) is 1.50. The van der Waals surface area contributed by atoms with Gasteiger partial charge in [-0.15, -0.1) is 0 Å². The molecule has 2 saturated heterocycles. The van der Waals surface area contributed by atoms with Crippen LogP contribution in [-0.4, -0.2) is 43.0 Å². The normalized spacial score (nSPS) is 45.0. The first kappa shape index (κ1) is 9.23.